The Bertz CT molecular complexity index is 564. The summed E-state index contributed by atoms with van der Waals surface area (Å²) in [5.41, 5.74) is 0.206. The van der Waals surface area contributed by atoms with Crippen LogP contribution >= 0.6 is 0 Å². The zero-order valence-electron chi connectivity index (χ0n) is 17.9. The van der Waals surface area contributed by atoms with E-state index in [0.29, 0.717) is 13.0 Å². The van der Waals surface area contributed by atoms with Crippen molar-refractivity contribution in [3.8, 4) is 0 Å². The SMILES string of the molecule is [CH2]C(COC(=O)CN1CCN(C)CC1)COC(=O)CC12CC3CC(CC(C3)C1)C2. The molecule has 163 valence electrons. The maximum absolute atomic E-state index is 12.5. The highest BCUT2D eigenvalue weighted by Gasteiger charge is 2.51. The summed E-state index contributed by atoms with van der Waals surface area (Å²) in [4.78, 5) is 28.9. The maximum atomic E-state index is 12.5. The third-order valence-corrected chi connectivity index (χ3v) is 7.59. The number of piperazine rings is 1. The molecule has 6 heteroatoms. The molecule has 1 radical (unpaired) electrons. The molecular formula is C23H37N2O4. The van der Waals surface area contributed by atoms with E-state index >= 15 is 0 Å². The van der Waals surface area contributed by atoms with E-state index in [-0.39, 0.29) is 36.5 Å². The van der Waals surface area contributed by atoms with E-state index in [9.17, 15) is 9.59 Å². The highest BCUT2D eigenvalue weighted by atomic mass is 16.5. The van der Waals surface area contributed by atoms with Crippen molar-refractivity contribution < 1.29 is 19.1 Å². The fourth-order valence-corrected chi connectivity index (χ4v) is 6.57. The first-order valence-corrected chi connectivity index (χ1v) is 11.4. The van der Waals surface area contributed by atoms with Crippen molar-refractivity contribution >= 4 is 11.9 Å². The molecule has 4 bridgehead atoms. The Kier molecular flexibility index (Phi) is 6.50. The summed E-state index contributed by atoms with van der Waals surface area (Å²) in [5, 5.41) is 0. The minimum absolute atomic E-state index is 0.0932. The standard InChI is InChI=1S/C23H37N2O4/c1-17(16-29-22(27)14-25-5-3-24(2)4-6-25)15-28-21(26)13-23-10-18-7-19(11-23)9-20(8-18)12-23/h17-20H,1,3-16H2,2H3. The summed E-state index contributed by atoms with van der Waals surface area (Å²) in [6.45, 7) is 8.49. The zero-order chi connectivity index (χ0) is 20.4. The average molecular weight is 406 g/mol. The smallest absolute Gasteiger partial charge is 0.320 e. The van der Waals surface area contributed by atoms with Gasteiger partial charge in [0.15, 0.2) is 0 Å². The number of likely N-dealkylation sites (N-methyl/N-ethyl adjacent to an activating group) is 1. The fourth-order valence-electron chi connectivity index (χ4n) is 6.57. The first-order valence-electron chi connectivity index (χ1n) is 11.4. The number of carbonyl (C=O) groups excluding carboxylic acids is 2. The van der Waals surface area contributed by atoms with Crippen LogP contribution < -0.4 is 0 Å². The number of hydrogen-bond donors (Lipinski definition) is 0. The lowest BCUT2D eigenvalue weighted by Gasteiger charge is -2.56. The molecule has 0 spiro atoms. The van der Waals surface area contributed by atoms with Crippen molar-refractivity contribution in [2.45, 2.75) is 44.9 Å². The second-order valence-electron chi connectivity index (χ2n) is 10.4. The molecule has 1 atom stereocenters. The largest absolute Gasteiger partial charge is 0.465 e. The second kappa shape index (κ2) is 8.93. The van der Waals surface area contributed by atoms with Gasteiger partial charge in [-0.05, 0) is 75.7 Å². The van der Waals surface area contributed by atoms with Gasteiger partial charge < -0.3 is 14.4 Å². The topological polar surface area (TPSA) is 59.1 Å². The van der Waals surface area contributed by atoms with Crippen molar-refractivity contribution in [2.24, 2.45) is 29.1 Å². The molecule has 5 aliphatic rings. The normalized spacial score (nSPS) is 35.4. The first kappa shape index (κ1) is 21.1. The summed E-state index contributed by atoms with van der Waals surface area (Å²) in [5.74, 6) is 2.00. The first-order chi connectivity index (χ1) is 13.9. The highest BCUT2D eigenvalue weighted by molar-refractivity contribution is 5.71. The number of nitrogens with zero attached hydrogens (tertiary/aromatic N) is 2. The van der Waals surface area contributed by atoms with Crippen LogP contribution in [0.3, 0.4) is 0 Å². The Morgan fingerprint density at radius 3 is 2.00 bits per heavy atom. The molecule has 5 fully saturated rings. The van der Waals surface area contributed by atoms with Gasteiger partial charge in [-0.3, -0.25) is 14.5 Å². The molecule has 1 unspecified atom stereocenters. The molecule has 4 aliphatic carbocycles. The zero-order valence-corrected chi connectivity index (χ0v) is 17.9. The monoisotopic (exact) mass is 405 g/mol. The highest BCUT2D eigenvalue weighted by Crippen LogP contribution is 2.61. The molecular weight excluding hydrogens is 368 g/mol. The predicted molar refractivity (Wildman–Crippen MR) is 110 cm³/mol. The molecule has 29 heavy (non-hydrogen) atoms. The van der Waals surface area contributed by atoms with E-state index in [2.05, 4.69) is 23.8 Å². The molecule has 5 rings (SSSR count). The number of hydrogen-bond acceptors (Lipinski definition) is 6. The summed E-state index contributed by atoms with van der Waals surface area (Å²) in [6, 6.07) is 0. The van der Waals surface area contributed by atoms with Crippen LogP contribution in [0.2, 0.25) is 0 Å². The van der Waals surface area contributed by atoms with Gasteiger partial charge in [0.2, 0.25) is 0 Å². The lowest BCUT2D eigenvalue weighted by atomic mass is 9.49. The van der Waals surface area contributed by atoms with Crippen LogP contribution in [0.4, 0.5) is 0 Å². The quantitative estimate of drug-likeness (QED) is 0.578. The Labute approximate surface area is 175 Å². The van der Waals surface area contributed by atoms with E-state index in [0.717, 1.165) is 43.9 Å². The van der Waals surface area contributed by atoms with Crippen molar-refractivity contribution in [1.29, 1.82) is 0 Å². The van der Waals surface area contributed by atoms with E-state index in [1.165, 1.54) is 38.5 Å². The van der Waals surface area contributed by atoms with Gasteiger partial charge in [-0.1, -0.05) is 0 Å². The maximum Gasteiger partial charge on any atom is 0.320 e. The summed E-state index contributed by atoms with van der Waals surface area (Å²) < 4.78 is 10.9. The van der Waals surface area contributed by atoms with Gasteiger partial charge in [0.25, 0.3) is 0 Å². The van der Waals surface area contributed by atoms with Crippen molar-refractivity contribution in [3.63, 3.8) is 0 Å². The lowest BCUT2D eigenvalue weighted by Crippen LogP contribution is -2.47. The molecule has 4 saturated carbocycles. The van der Waals surface area contributed by atoms with Crippen LogP contribution in [0.5, 0.6) is 0 Å². The van der Waals surface area contributed by atoms with Crippen LogP contribution in [0.15, 0.2) is 0 Å². The molecule has 1 saturated heterocycles. The Balaban J connectivity index is 1.12. The predicted octanol–water partition coefficient (Wildman–Crippen LogP) is 2.38. The van der Waals surface area contributed by atoms with Gasteiger partial charge in [0.1, 0.15) is 0 Å². The van der Waals surface area contributed by atoms with Crippen molar-refractivity contribution in [2.75, 3.05) is 53.0 Å². The van der Waals surface area contributed by atoms with Crippen LogP contribution in [-0.2, 0) is 19.1 Å². The number of rotatable bonds is 8. The molecule has 0 N–H and O–H groups in total. The minimum Gasteiger partial charge on any atom is -0.465 e. The van der Waals surface area contributed by atoms with Crippen molar-refractivity contribution in [3.05, 3.63) is 6.92 Å². The van der Waals surface area contributed by atoms with Gasteiger partial charge in [0, 0.05) is 32.1 Å². The molecule has 6 nitrogen and oxygen atoms in total. The third-order valence-electron chi connectivity index (χ3n) is 7.59. The number of ether oxygens (including phenoxy) is 2. The molecule has 1 heterocycles. The van der Waals surface area contributed by atoms with Gasteiger partial charge in [0.05, 0.1) is 26.2 Å². The van der Waals surface area contributed by atoms with Gasteiger partial charge in [-0.25, -0.2) is 0 Å². The molecule has 0 aromatic rings. The minimum atomic E-state index is -0.219. The summed E-state index contributed by atoms with van der Waals surface area (Å²) in [6.07, 6.45) is 8.36. The molecule has 0 aromatic carbocycles. The van der Waals surface area contributed by atoms with Crippen LogP contribution in [0.1, 0.15) is 44.9 Å². The number of esters is 2. The number of carbonyl (C=O) groups is 2. The van der Waals surface area contributed by atoms with Gasteiger partial charge in [-0.15, -0.1) is 0 Å². The van der Waals surface area contributed by atoms with E-state index in [1.807, 2.05) is 0 Å². The van der Waals surface area contributed by atoms with E-state index < -0.39 is 0 Å². The van der Waals surface area contributed by atoms with Gasteiger partial charge in [-0.2, -0.15) is 0 Å². The van der Waals surface area contributed by atoms with E-state index in [4.69, 9.17) is 9.47 Å². The fraction of sp³-hybridized carbons (Fsp3) is 0.870. The van der Waals surface area contributed by atoms with Crippen molar-refractivity contribution in [1.82, 2.24) is 9.80 Å². The Morgan fingerprint density at radius 2 is 1.45 bits per heavy atom. The molecule has 0 amide bonds. The molecule has 0 aromatic heterocycles. The summed E-state index contributed by atoms with van der Waals surface area (Å²) in [7, 11) is 2.09. The van der Waals surface area contributed by atoms with Gasteiger partial charge >= 0.3 is 11.9 Å². The average Bonchev–Trinajstić information content (AvgIpc) is 2.65. The Hall–Kier alpha value is -1.14. The molecule has 1 aliphatic heterocycles. The van der Waals surface area contributed by atoms with Crippen LogP contribution in [-0.4, -0.2) is 74.7 Å². The Morgan fingerprint density at radius 1 is 0.931 bits per heavy atom. The lowest BCUT2D eigenvalue weighted by molar-refractivity contribution is -0.154. The third kappa shape index (κ3) is 5.52. The summed E-state index contributed by atoms with van der Waals surface area (Å²) >= 11 is 0. The van der Waals surface area contributed by atoms with Crippen LogP contribution in [0, 0.1) is 36.0 Å². The van der Waals surface area contributed by atoms with E-state index in [1.54, 1.807) is 0 Å². The van der Waals surface area contributed by atoms with Crippen LogP contribution in [0.25, 0.3) is 0 Å². The second-order valence-corrected chi connectivity index (χ2v) is 10.4.